The predicted octanol–water partition coefficient (Wildman–Crippen LogP) is 4.88. The fourth-order valence-electron chi connectivity index (χ4n) is 2.58. The van der Waals surface area contributed by atoms with Crippen molar-refractivity contribution in [2.45, 2.75) is 18.1 Å². The lowest BCUT2D eigenvalue weighted by atomic mass is 10.1. The van der Waals surface area contributed by atoms with Crippen molar-refractivity contribution < 1.29 is 9.18 Å². The molecule has 0 bridgehead atoms. The van der Waals surface area contributed by atoms with Gasteiger partial charge in [0.25, 0.3) is 5.91 Å². The van der Waals surface area contributed by atoms with E-state index in [-0.39, 0.29) is 17.8 Å². The molecule has 134 valence electrons. The first-order valence-corrected chi connectivity index (χ1v) is 9.54. The van der Waals surface area contributed by atoms with Crippen molar-refractivity contribution in [2.24, 2.45) is 0 Å². The summed E-state index contributed by atoms with van der Waals surface area (Å²) in [6.07, 6.45) is 3.40. The SMILES string of the molecule is CSc1ncc(C(=O)NC(C)c2ccc(Cl)cc2)n1-c1ccc(F)cc1. The van der Waals surface area contributed by atoms with Gasteiger partial charge < -0.3 is 5.32 Å². The Morgan fingerprint density at radius 3 is 2.46 bits per heavy atom. The van der Waals surface area contributed by atoms with E-state index in [9.17, 15) is 9.18 Å². The molecule has 3 aromatic rings. The number of rotatable bonds is 5. The van der Waals surface area contributed by atoms with E-state index >= 15 is 0 Å². The fraction of sp³-hybridized carbons (Fsp3) is 0.158. The molecule has 0 fully saturated rings. The lowest BCUT2D eigenvalue weighted by Crippen LogP contribution is -2.28. The topological polar surface area (TPSA) is 46.9 Å². The zero-order valence-corrected chi connectivity index (χ0v) is 15.8. The molecule has 7 heteroatoms. The van der Waals surface area contributed by atoms with E-state index in [1.807, 2.05) is 25.3 Å². The van der Waals surface area contributed by atoms with E-state index in [0.29, 0.717) is 21.6 Å². The molecule has 0 saturated heterocycles. The number of aromatic nitrogens is 2. The number of nitrogens with one attached hydrogen (secondary N) is 1. The van der Waals surface area contributed by atoms with E-state index in [0.717, 1.165) is 5.56 Å². The third-order valence-corrected chi connectivity index (χ3v) is 4.85. The molecule has 1 unspecified atom stereocenters. The van der Waals surface area contributed by atoms with Crippen LogP contribution in [0.25, 0.3) is 5.69 Å². The minimum absolute atomic E-state index is 0.200. The number of hydrogen-bond acceptors (Lipinski definition) is 3. The molecule has 0 spiro atoms. The van der Waals surface area contributed by atoms with Crippen molar-refractivity contribution in [2.75, 3.05) is 6.26 Å². The van der Waals surface area contributed by atoms with Crippen LogP contribution in [-0.4, -0.2) is 21.7 Å². The van der Waals surface area contributed by atoms with Gasteiger partial charge in [-0.15, -0.1) is 0 Å². The van der Waals surface area contributed by atoms with Crippen LogP contribution in [0.5, 0.6) is 0 Å². The number of carbonyl (C=O) groups is 1. The molecule has 1 atom stereocenters. The molecule has 1 N–H and O–H groups in total. The number of amides is 1. The monoisotopic (exact) mass is 389 g/mol. The van der Waals surface area contributed by atoms with Crippen molar-refractivity contribution in [3.8, 4) is 5.69 Å². The van der Waals surface area contributed by atoms with Crippen LogP contribution in [-0.2, 0) is 0 Å². The van der Waals surface area contributed by atoms with Crippen LogP contribution >= 0.6 is 23.4 Å². The summed E-state index contributed by atoms with van der Waals surface area (Å²) >= 11 is 7.32. The summed E-state index contributed by atoms with van der Waals surface area (Å²) in [5.74, 6) is -0.591. The van der Waals surface area contributed by atoms with E-state index in [2.05, 4.69) is 10.3 Å². The largest absolute Gasteiger partial charge is 0.344 e. The predicted molar refractivity (Wildman–Crippen MR) is 103 cm³/mol. The Bertz CT molecular complexity index is 910. The van der Waals surface area contributed by atoms with E-state index in [1.165, 1.54) is 30.1 Å². The average Bonchev–Trinajstić information content (AvgIpc) is 3.07. The molecule has 0 radical (unpaired) electrons. The van der Waals surface area contributed by atoms with Crippen molar-refractivity contribution in [3.05, 3.63) is 76.8 Å². The molecule has 0 aliphatic carbocycles. The molecule has 1 heterocycles. The maximum atomic E-state index is 13.2. The summed E-state index contributed by atoms with van der Waals surface area (Å²) in [6, 6.07) is 13.1. The van der Waals surface area contributed by atoms with Gasteiger partial charge in [0.1, 0.15) is 11.5 Å². The van der Waals surface area contributed by atoms with Gasteiger partial charge >= 0.3 is 0 Å². The summed E-state index contributed by atoms with van der Waals surface area (Å²) in [7, 11) is 0. The summed E-state index contributed by atoms with van der Waals surface area (Å²) in [4.78, 5) is 17.1. The summed E-state index contributed by atoms with van der Waals surface area (Å²) in [5, 5.41) is 4.26. The Kier molecular flexibility index (Phi) is 5.64. The first-order valence-electron chi connectivity index (χ1n) is 7.93. The molecule has 2 aromatic carbocycles. The molecule has 0 aliphatic rings. The van der Waals surface area contributed by atoms with E-state index < -0.39 is 0 Å². The Balaban J connectivity index is 1.88. The van der Waals surface area contributed by atoms with Crippen LogP contribution in [0.3, 0.4) is 0 Å². The summed E-state index contributed by atoms with van der Waals surface area (Å²) in [5.41, 5.74) is 2.01. The molecule has 1 amide bonds. The fourth-order valence-corrected chi connectivity index (χ4v) is 3.25. The van der Waals surface area contributed by atoms with Crippen molar-refractivity contribution >= 4 is 29.3 Å². The third kappa shape index (κ3) is 3.92. The molecule has 0 saturated carbocycles. The summed E-state index contributed by atoms with van der Waals surface area (Å²) < 4.78 is 15.0. The van der Waals surface area contributed by atoms with E-state index in [1.54, 1.807) is 28.8 Å². The van der Waals surface area contributed by atoms with Gasteiger partial charge in [-0.1, -0.05) is 35.5 Å². The molecular weight excluding hydrogens is 373 g/mol. The van der Waals surface area contributed by atoms with Crippen LogP contribution in [0.15, 0.2) is 59.9 Å². The Labute approximate surface area is 160 Å². The first-order chi connectivity index (χ1) is 12.5. The van der Waals surface area contributed by atoms with Gasteiger partial charge in [-0.3, -0.25) is 9.36 Å². The normalized spacial score (nSPS) is 12.0. The number of benzene rings is 2. The van der Waals surface area contributed by atoms with Gasteiger partial charge in [0.15, 0.2) is 5.16 Å². The van der Waals surface area contributed by atoms with Gasteiger partial charge in [-0.25, -0.2) is 9.37 Å². The lowest BCUT2D eigenvalue weighted by molar-refractivity contribution is 0.0932. The maximum Gasteiger partial charge on any atom is 0.270 e. The third-order valence-electron chi connectivity index (χ3n) is 3.95. The lowest BCUT2D eigenvalue weighted by Gasteiger charge is -2.16. The van der Waals surface area contributed by atoms with Crippen LogP contribution < -0.4 is 5.32 Å². The van der Waals surface area contributed by atoms with Gasteiger partial charge in [-0.05, 0) is 55.1 Å². The minimum atomic E-state index is -0.332. The first kappa shape index (κ1) is 18.5. The molecule has 0 aliphatic heterocycles. The highest BCUT2D eigenvalue weighted by Gasteiger charge is 2.19. The maximum absolute atomic E-state index is 13.2. The Morgan fingerprint density at radius 1 is 1.19 bits per heavy atom. The van der Waals surface area contributed by atoms with Crippen LogP contribution in [0.4, 0.5) is 4.39 Å². The Hall–Kier alpha value is -2.31. The number of halogens is 2. The van der Waals surface area contributed by atoms with Crippen LogP contribution in [0.1, 0.15) is 29.0 Å². The highest BCUT2D eigenvalue weighted by atomic mass is 35.5. The van der Waals surface area contributed by atoms with E-state index in [4.69, 9.17) is 11.6 Å². The smallest absolute Gasteiger partial charge is 0.270 e. The summed E-state index contributed by atoms with van der Waals surface area (Å²) in [6.45, 7) is 1.90. The Morgan fingerprint density at radius 2 is 1.85 bits per heavy atom. The van der Waals surface area contributed by atoms with Crippen LogP contribution in [0.2, 0.25) is 5.02 Å². The van der Waals surface area contributed by atoms with Gasteiger partial charge in [0, 0.05) is 10.7 Å². The highest BCUT2D eigenvalue weighted by molar-refractivity contribution is 7.98. The van der Waals surface area contributed by atoms with Crippen molar-refractivity contribution in [1.29, 1.82) is 0 Å². The number of carbonyl (C=O) groups excluding carboxylic acids is 1. The highest BCUT2D eigenvalue weighted by Crippen LogP contribution is 2.23. The van der Waals surface area contributed by atoms with Crippen LogP contribution in [0, 0.1) is 5.82 Å². The number of nitrogens with zero attached hydrogens (tertiary/aromatic N) is 2. The molecule has 4 nitrogen and oxygen atoms in total. The molecular formula is C19H17ClFN3OS. The number of hydrogen-bond donors (Lipinski definition) is 1. The van der Waals surface area contributed by atoms with Gasteiger partial charge in [0.2, 0.25) is 0 Å². The van der Waals surface area contributed by atoms with Gasteiger partial charge in [0.05, 0.1) is 12.2 Å². The minimum Gasteiger partial charge on any atom is -0.344 e. The quantitative estimate of drug-likeness (QED) is 0.633. The number of thioether (sulfide) groups is 1. The average molecular weight is 390 g/mol. The standard InChI is InChI=1S/C19H17ClFN3OS/c1-12(13-3-5-14(20)6-4-13)23-18(25)17-11-22-19(26-2)24(17)16-9-7-15(21)8-10-16/h3-12H,1-2H3,(H,23,25). The zero-order chi connectivity index (χ0) is 18.7. The zero-order valence-electron chi connectivity index (χ0n) is 14.2. The number of imidazole rings is 1. The van der Waals surface area contributed by atoms with Crippen molar-refractivity contribution in [1.82, 2.24) is 14.9 Å². The molecule has 1 aromatic heterocycles. The second-order valence-corrected chi connectivity index (χ2v) is 6.90. The van der Waals surface area contributed by atoms with Gasteiger partial charge in [-0.2, -0.15) is 0 Å². The van der Waals surface area contributed by atoms with Crippen molar-refractivity contribution in [3.63, 3.8) is 0 Å². The molecule has 3 rings (SSSR count). The second kappa shape index (κ2) is 7.93. The molecule has 26 heavy (non-hydrogen) atoms. The second-order valence-electron chi connectivity index (χ2n) is 5.69.